The number of nitrogens with one attached hydrogen (secondary N) is 3. The fourth-order valence-electron chi connectivity index (χ4n) is 7.62. The standard InChI is InChI=1S/C40H47N7O4/c1-23(2)18-35(48)46-16-6-8-33(46)37-41-22-32(44-37)29-13-12-25-19-26(10-11-27(25)20-29)28-14-15-30-31(21-28)43-38(42-30)34-9-7-17-47(34)39(49)36(24(3)4)45-40(50)51-5/h10-15,19-24,33-34,36H,6-9,16-18H2,1-5H3,(H,41,44)(H,42,43)(H,45,50)/t33-,34-,36-/m0/s1. The molecule has 3 atom stereocenters. The van der Waals surface area contributed by atoms with Crippen LogP contribution in [-0.4, -0.2) is 73.9 Å². The Kier molecular flexibility index (Phi) is 9.54. The Balaban J connectivity index is 1.09. The summed E-state index contributed by atoms with van der Waals surface area (Å²) in [6, 6.07) is 18.3. The van der Waals surface area contributed by atoms with E-state index in [1.165, 1.54) is 7.11 Å². The van der Waals surface area contributed by atoms with E-state index in [0.29, 0.717) is 18.9 Å². The lowest BCUT2D eigenvalue weighted by atomic mass is 9.99. The molecule has 2 saturated heterocycles. The zero-order valence-electron chi connectivity index (χ0n) is 30.0. The molecule has 2 aliphatic rings. The van der Waals surface area contributed by atoms with Gasteiger partial charge in [0.1, 0.15) is 17.7 Å². The zero-order valence-corrected chi connectivity index (χ0v) is 30.0. The number of aromatic amines is 2. The molecule has 2 aromatic heterocycles. The van der Waals surface area contributed by atoms with Crippen molar-refractivity contribution >= 4 is 39.7 Å². The highest BCUT2D eigenvalue weighted by Crippen LogP contribution is 2.36. The van der Waals surface area contributed by atoms with Gasteiger partial charge < -0.3 is 29.8 Å². The topological polar surface area (TPSA) is 136 Å². The molecule has 2 aliphatic heterocycles. The Hall–Kier alpha value is -5.19. The number of imidazole rings is 2. The van der Waals surface area contributed by atoms with Crippen LogP contribution in [0.5, 0.6) is 0 Å². The number of aromatic nitrogens is 4. The van der Waals surface area contributed by atoms with Crippen LogP contribution < -0.4 is 5.32 Å². The smallest absolute Gasteiger partial charge is 0.407 e. The Bertz CT molecular complexity index is 2080. The summed E-state index contributed by atoms with van der Waals surface area (Å²) in [4.78, 5) is 58.9. The van der Waals surface area contributed by atoms with Gasteiger partial charge in [-0.1, -0.05) is 58.0 Å². The van der Waals surface area contributed by atoms with Gasteiger partial charge in [0.15, 0.2) is 0 Å². The summed E-state index contributed by atoms with van der Waals surface area (Å²) in [7, 11) is 1.30. The molecule has 2 fully saturated rings. The summed E-state index contributed by atoms with van der Waals surface area (Å²) in [6.07, 6.45) is 5.41. The second kappa shape index (κ2) is 14.2. The van der Waals surface area contributed by atoms with Gasteiger partial charge in [-0.05, 0) is 83.7 Å². The molecule has 0 radical (unpaired) electrons. The van der Waals surface area contributed by atoms with Crippen LogP contribution in [-0.2, 0) is 14.3 Å². The Labute approximate surface area is 298 Å². The van der Waals surface area contributed by atoms with Gasteiger partial charge in [0.05, 0.1) is 42.1 Å². The van der Waals surface area contributed by atoms with Gasteiger partial charge in [0.2, 0.25) is 11.8 Å². The average molecular weight is 690 g/mol. The lowest BCUT2D eigenvalue weighted by Crippen LogP contribution is -2.51. The Morgan fingerprint density at radius 2 is 1.49 bits per heavy atom. The number of ether oxygens (including phenoxy) is 1. The highest BCUT2D eigenvalue weighted by molar-refractivity contribution is 5.92. The maximum Gasteiger partial charge on any atom is 0.407 e. The van der Waals surface area contributed by atoms with E-state index in [4.69, 9.17) is 14.7 Å². The third kappa shape index (κ3) is 6.94. The first-order chi connectivity index (χ1) is 24.6. The summed E-state index contributed by atoms with van der Waals surface area (Å²) in [5, 5.41) is 4.96. The predicted molar refractivity (Wildman–Crippen MR) is 198 cm³/mol. The molecule has 11 heteroatoms. The lowest BCUT2D eigenvalue weighted by Gasteiger charge is -2.29. The van der Waals surface area contributed by atoms with Crippen LogP contribution in [0.1, 0.15) is 83.5 Å². The number of carbonyl (C=O) groups is 3. The molecular weight excluding hydrogens is 642 g/mol. The largest absolute Gasteiger partial charge is 0.453 e. The van der Waals surface area contributed by atoms with Gasteiger partial charge in [-0.15, -0.1) is 0 Å². The molecule has 51 heavy (non-hydrogen) atoms. The van der Waals surface area contributed by atoms with Crippen molar-refractivity contribution in [3.05, 3.63) is 72.4 Å². The molecule has 0 saturated carbocycles. The normalized spacial score (nSPS) is 18.3. The van der Waals surface area contributed by atoms with Crippen molar-refractivity contribution < 1.29 is 19.1 Å². The highest BCUT2D eigenvalue weighted by atomic mass is 16.5. The summed E-state index contributed by atoms with van der Waals surface area (Å²) in [5.74, 6) is 1.93. The van der Waals surface area contributed by atoms with E-state index in [-0.39, 0.29) is 29.8 Å². The number of alkyl carbamates (subject to hydrolysis) is 1. The number of H-pyrrole nitrogens is 2. The van der Waals surface area contributed by atoms with Gasteiger partial charge in [0, 0.05) is 25.1 Å². The van der Waals surface area contributed by atoms with Crippen molar-refractivity contribution in [3.8, 4) is 22.4 Å². The molecule has 3 amide bonds. The first-order valence-electron chi connectivity index (χ1n) is 18.1. The van der Waals surface area contributed by atoms with Gasteiger partial charge in [-0.25, -0.2) is 14.8 Å². The number of nitrogens with zero attached hydrogens (tertiary/aromatic N) is 4. The van der Waals surface area contributed by atoms with Gasteiger partial charge in [-0.3, -0.25) is 9.59 Å². The minimum absolute atomic E-state index is 0.00321. The van der Waals surface area contributed by atoms with Crippen molar-refractivity contribution in [1.82, 2.24) is 35.1 Å². The van der Waals surface area contributed by atoms with Crippen LogP contribution in [0.3, 0.4) is 0 Å². The summed E-state index contributed by atoms with van der Waals surface area (Å²) >= 11 is 0. The molecular formula is C40H47N7O4. The van der Waals surface area contributed by atoms with E-state index in [9.17, 15) is 14.4 Å². The molecule has 3 aromatic carbocycles. The first kappa shape index (κ1) is 34.3. The van der Waals surface area contributed by atoms with Gasteiger partial charge in [0.25, 0.3) is 0 Å². The van der Waals surface area contributed by atoms with Crippen LogP contribution in [0.2, 0.25) is 0 Å². The number of fused-ring (bicyclic) bond motifs is 2. The molecule has 4 heterocycles. The highest BCUT2D eigenvalue weighted by Gasteiger charge is 2.37. The second-order valence-electron chi connectivity index (χ2n) is 14.7. The van der Waals surface area contributed by atoms with Gasteiger partial charge >= 0.3 is 6.09 Å². The number of rotatable bonds is 9. The number of hydrogen-bond acceptors (Lipinski definition) is 6. The zero-order chi connectivity index (χ0) is 35.8. The van der Waals surface area contributed by atoms with Crippen molar-refractivity contribution in [2.45, 2.75) is 77.9 Å². The van der Waals surface area contributed by atoms with Crippen molar-refractivity contribution in [2.75, 3.05) is 20.2 Å². The SMILES string of the molecule is COC(=O)N[C@H](C(=O)N1CCC[C@H]1c1nc2ccc(-c3ccc4cc(-c5cnc([C@@H]6CCCN6C(=O)CC(C)C)[nH]5)ccc4c3)cc2[nH]1)C(C)C. The minimum Gasteiger partial charge on any atom is -0.453 e. The van der Waals surface area contributed by atoms with Crippen LogP contribution in [0.4, 0.5) is 4.79 Å². The molecule has 7 rings (SSSR count). The third-order valence-corrected chi connectivity index (χ3v) is 10.3. The molecule has 5 aromatic rings. The first-order valence-corrected chi connectivity index (χ1v) is 18.1. The van der Waals surface area contributed by atoms with Gasteiger partial charge in [-0.2, -0.15) is 0 Å². The van der Waals surface area contributed by atoms with Crippen molar-refractivity contribution in [1.29, 1.82) is 0 Å². The summed E-state index contributed by atoms with van der Waals surface area (Å²) in [5.41, 5.74) is 5.91. The van der Waals surface area contributed by atoms with Crippen LogP contribution in [0.15, 0.2) is 60.8 Å². The third-order valence-electron chi connectivity index (χ3n) is 10.3. The Morgan fingerprint density at radius 1 is 0.843 bits per heavy atom. The van der Waals surface area contributed by atoms with Crippen LogP contribution >= 0.6 is 0 Å². The van der Waals surface area contributed by atoms with E-state index in [1.54, 1.807) is 0 Å². The lowest BCUT2D eigenvalue weighted by molar-refractivity contribution is -0.135. The number of amides is 3. The fourth-order valence-corrected chi connectivity index (χ4v) is 7.62. The minimum atomic E-state index is -0.677. The molecule has 0 bridgehead atoms. The number of carbonyl (C=O) groups excluding carboxylic acids is 3. The number of likely N-dealkylation sites (tertiary alicyclic amines) is 2. The maximum atomic E-state index is 13.6. The maximum absolute atomic E-state index is 13.6. The molecule has 266 valence electrons. The average Bonchev–Trinajstić information content (AvgIpc) is 3.94. The van der Waals surface area contributed by atoms with Crippen LogP contribution in [0.25, 0.3) is 44.2 Å². The van der Waals surface area contributed by atoms with E-state index in [0.717, 1.165) is 88.1 Å². The van der Waals surface area contributed by atoms with Crippen molar-refractivity contribution in [3.63, 3.8) is 0 Å². The monoisotopic (exact) mass is 689 g/mol. The number of methoxy groups -OCH3 is 1. The number of benzene rings is 3. The summed E-state index contributed by atoms with van der Waals surface area (Å²) < 4.78 is 4.77. The molecule has 0 unspecified atom stereocenters. The van der Waals surface area contributed by atoms with E-state index >= 15 is 0 Å². The second-order valence-corrected chi connectivity index (χ2v) is 14.7. The van der Waals surface area contributed by atoms with Crippen LogP contribution in [0, 0.1) is 11.8 Å². The molecule has 0 aliphatic carbocycles. The quantitative estimate of drug-likeness (QED) is 0.146. The van der Waals surface area contributed by atoms with E-state index in [2.05, 4.69) is 77.7 Å². The predicted octanol–water partition coefficient (Wildman–Crippen LogP) is 7.53. The molecule has 3 N–H and O–H groups in total. The fraction of sp³-hybridized carbons (Fsp3) is 0.425. The Morgan fingerprint density at radius 3 is 2.20 bits per heavy atom. The number of hydrogen-bond donors (Lipinski definition) is 3. The molecule has 0 spiro atoms. The molecule has 11 nitrogen and oxygen atoms in total. The van der Waals surface area contributed by atoms with Crippen molar-refractivity contribution in [2.24, 2.45) is 11.8 Å². The summed E-state index contributed by atoms with van der Waals surface area (Å²) in [6.45, 7) is 9.39. The van der Waals surface area contributed by atoms with E-state index < -0.39 is 12.1 Å². The van der Waals surface area contributed by atoms with E-state index in [1.807, 2.05) is 35.9 Å².